The highest BCUT2D eigenvalue weighted by Crippen LogP contribution is 2.31. The number of hydrogen-bond donors (Lipinski definition) is 2. The van der Waals surface area contributed by atoms with Crippen LogP contribution >= 0.6 is 23.8 Å². The van der Waals surface area contributed by atoms with Gasteiger partial charge in [-0.15, -0.1) is 0 Å². The molecule has 154 valence electrons. The summed E-state index contributed by atoms with van der Waals surface area (Å²) in [6, 6.07) is 14.2. The number of esters is 1. The molecular weight excluding hydrogens is 406 g/mol. The summed E-state index contributed by atoms with van der Waals surface area (Å²) in [5, 5.41) is 7.19. The molecule has 2 N–H and O–H groups in total. The first-order valence-corrected chi connectivity index (χ1v) is 10.6. The lowest BCUT2D eigenvalue weighted by atomic mass is 10.1. The predicted octanol–water partition coefficient (Wildman–Crippen LogP) is 4.64. The quantitative estimate of drug-likeness (QED) is 0.378. The number of anilines is 2. The molecule has 5 nitrogen and oxygen atoms in total. The van der Waals surface area contributed by atoms with Crippen molar-refractivity contribution in [2.45, 2.75) is 32.7 Å². The summed E-state index contributed by atoms with van der Waals surface area (Å²) in [5.74, 6) is -0.444. The lowest BCUT2D eigenvalue weighted by Gasteiger charge is -2.25. The number of thiocarbonyl (C=S) groups is 1. The fourth-order valence-electron chi connectivity index (χ4n) is 3.57. The molecule has 3 rings (SSSR count). The second kappa shape index (κ2) is 9.94. The van der Waals surface area contributed by atoms with Gasteiger partial charge in [0.25, 0.3) is 0 Å². The van der Waals surface area contributed by atoms with Gasteiger partial charge >= 0.3 is 5.97 Å². The molecule has 0 radical (unpaired) electrons. The smallest absolute Gasteiger partial charge is 0.339 e. The third-order valence-electron chi connectivity index (χ3n) is 4.93. The molecule has 1 atom stereocenters. The zero-order valence-electron chi connectivity index (χ0n) is 16.7. The van der Waals surface area contributed by atoms with Crippen molar-refractivity contribution in [3.8, 4) is 0 Å². The van der Waals surface area contributed by atoms with Crippen LogP contribution in [0.3, 0.4) is 0 Å². The number of ether oxygens (including phenoxy) is 1. The van der Waals surface area contributed by atoms with Crippen molar-refractivity contribution in [2.24, 2.45) is 0 Å². The van der Waals surface area contributed by atoms with E-state index in [9.17, 15) is 4.79 Å². The molecule has 0 fully saturated rings. The first-order valence-electron chi connectivity index (χ1n) is 9.85. The summed E-state index contributed by atoms with van der Waals surface area (Å²) in [6.45, 7) is 6.06. The van der Waals surface area contributed by atoms with Crippen molar-refractivity contribution in [1.29, 1.82) is 0 Å². The molecule has 1 heterocycles. The molecule has 0 unspecified atom stereocenters. The number of halogens is 1. The van der Waals surface area contributed by atoms with Crippen LogP contribution in [0.4, 0.5) is 11.4 Å². The van der Waals surface area contributed by atoms with E-state index >= 15 is 0 Å². The minimum atomic E-state index is -0.444. The Morgan fingerprint density at radius 1 is 1.31 bits per heavy atom. The van der Waals surface area contributed by atoms with Crippen molar-refractivity contribution in [2.75, 3.05) is 29.9 Å². The number of nitrogens with zero attached hydrogens (tertiary/aromatic N) is 1. The van der Waals surface area contributed by atoms with Gasteiger partial charge in [0.2, 0.25) is 0 Å². The van der Waals surface area contributed by atoms with E-state index < -0.39 is 5.97 Å². The standard InChI is InChI=1S/C22H26ClN3O2S/c1-3-28-21(27)18-14-17(9-10-19(18)23)25-22(29)24-11-6-12-26-15(2)13-16-7-4-5-8-20(16)26/h4-5,7-10,14-15H,3,6,11-13H2,1-2H3,(H2,24,25,29)/t15-/m0/s1. The van der Waals surface area contributed by atoms with Gasteiger partial charge in [-0.2, -0.15) is 0 Å². The summed E-state index contributed by atoms with van der Waals surface area (Å²) in [5.41, 5.74) is 3.78. The number of nitrogens with one attached hydrogen (secondary N) is 2. The third kappa shape index (κ3) is 5.40. The summed E-state index contributed by atoms with van der Waals surface area (Å²) < 4.78 is 5.03. The largest absolute Gasteiger partial charge is 0.462 e. The predicted molar refractivity (Wildman–Crippen MR) is 123 cm³/mol. The fourth-order valence-corrected chi connectivity index (χ4v) is 3.98. The van der Waals surface area contributed by atoms with Gasteiger partial charge in [0.15, 0.2) is 5.11 Å². The van der Waals surface area contributed by atoms with Gasteiger partial charge in [-0.25, -0.2) is 4.79 Å². The molecule has 1 aliphatic rings. The van der Waals surface area contributed by atoms with Crippen molar-refractivity contribution in [3.05, 3.63) is 58.6 Å². The lowest BCUT2D eigenvalue weighted by molar-refractivity contribution is 0.0526. The minimum absolute atomic E-state index is 0.299. The molecule has 0 spiro atoms. The molecule has 1 aliphatic heterocycles. The molecule has 0 amide bonds. The van der Waals surface area contributed by atoms with Gasteiger partial charge in [0.05, 0.1) is 17.2 Å². The number of hydrogen-bond acceptors (Lipinski definition) is 4. The van der Waals surface area contributed by atoms with E-state index in [0.717, 1.165) is 25.9 Å². The molecule has 7 heteroatoms. The van der Waals surface area contributed by atoms with Crippen LogP contribution in [0.2, 0.25) is 5.02 Å². The highest BCUT2D eigenvalue weighted by atomic mass is 35.5. The van der Waals surface area contributed by atoms with E-state index in [1.807, 2.05) is 0 Å². The third-order valence-corrected chi connectivity index (χ3v) is 5.51. The maximum absolute atomic E-state index is 12.0. The summed E-state index contributed by atoms with van der Waals surface area (Å²) in [6.07, 6.45) is 2.07. The van der Waals surface area contributed by atoms with E-state index in [-0.39, 0.29) is 0 Å². The van der Waals surface area contributed by atoms with Crippen molar-refractivity contribution < 1.29 is 9.53 Å². The first-order chi connectivity index (χ1) is 14.0. The summed E-state index contributed by atoms with van der Waals surface area (Å²) in [7, 11) is 0. The monoisotopic (exact) mass is 431 g/mol. The van der Waals surface area contributed by atoms with Crippen LogP contribution in [-0.2, 0) is 11.2 Å². The molecule has 29 heavy (non-hydrogen) atoms. The SMILES string of the molecule is CCOC(=O)c1cc(NC(=S)NCCCN2c3ccccc3C[C@@H]2C)ccc1Cl. The maximum Gasteiger partial charge on any atom is 0.339 e. The van der Waals surface area contributed by atoms with E-state index in [4.69, 9.17) is 28.6 Å². The van der Waals surface area contributed by atoms with Crippen LogP contribution in [0, 0.1) is 0 Å². The van der Waals surface area contributed by atoms with Crippen molar-refractivity contribution in [3.63, 3.8) is 0 Å². The topological polar surface area (TPSA) is 53.6 Å². The van der Waals surface area contributed by atoms with Gasteiger partial charge in [-0.05, 0) is 68.7 Å². The maximum atomic E-state index is 12.0. The second-order valence-corrected chi connectivity index (χ2v) is 7.84. The van der Waals surface area contributed by atoms with Crippen LogP contribution in [0.25, 0.3) is 0 Å². The molecule has 0 bridgehead atoms. The van der Waals surface area contributed by atoms with Gasteiger partial charge in [-0.1, -0.05) is 29.8 Å². The van der Waals surface area contributed by atoms with Crippen LogP contribution in [0.5, 0.6) is 0 Å². The highest BCUT2D eigenvalue weighted by Gasteiger charge is 2.24. The Kier molecular flexibility index (Phi) is 7.34. The minimum Gasteiger partial charge on any atom is -0.462 e. The van der Waals surface area contributed by atoms with E-state index in [0.29, 0.717) is 34.0 Å². The number of rotatable bonds is 7. The van der Waals surface area contributed by atoms with Crippen molar-refractivity contribution >= 4 is 46.3 Å². The average molecular weight is 432 g/mol. The van der Waals surface area contributed by atoms with E-state index in [1.54, 1.807) is 25.1 Å². The Balaban J connectivity index is 1.47. The zero-order chi connectivity index (χ0) is 20.8. The van der Waals surface area contributed by atoms with E-state index in [1.165, 1.54) is 11.3 Å². The molecule has 2 aromatic carbocycles. The Morgan fingerprint density at radius 3 is 2.90 bits per heavy atom. The van der Waals surface area contributed by atoms with Crippen LogP contribution in [0.1, 0.15) is 36.2 Å². The Morgan fingerprint density at radius 2 is 2.10 bits per heavy atom. The Labute approximate surface area is 182 Å². The van der Waals surface area contributed by atoms with Crippen LogP contribution in [-0.4, -0.2) is 36.8 Å². The van der Waals surface area contributed by atoms with E-state index in [2.05, 4.69) is 46.7 Å². The molecule has 2 aromatic rings. The summed E-state index contributed by atoms with van der Waals surface area (Å²) >= 11 is 11.5. The number of fused-ring (bicyclic) bond motifs is 1. The normalized spacial score (nSPS) is 15.0. The van der Waals surface area contributed by atoms with Gasteiger partial charge in [0, 0.05) is 30.5 Å². The van der Waals surface area contributed by atoms with Crippen LogP contribution in [0.15, 0.2) is 42.5 Å². The summed E-state index contributed by atoms with van der Waals surface area (Å²) in [4.78, 5) is 14.4. The molecule has 0 aromatic heterocycles. The molecule has 0 saturated carbocycles. The van der Waals surface area contributed by atoms with Gasteiger partial charge in [-0.3, -0.25) is 0 Å². The lowest BCUT2D eigenvalue weighted by Crippen LogP contribution is -2.34. The first kappa shape index (κ1) is 21.4. The second-order valence-electron chi connectivity index (χ2n) is 7.02. The van der Waals surface area contributed by atoms with Gasteiger partial charge < -0.3 is 20.3 Å². The average Bonchev–Trinajstić information content (AvgIpc) is 3.02. The number of benzene rings is 2. The molecule has 0 saturated heterocycles. The Bertz CT molecular complexity index is 890. The number of carbonyl (C=O) groups excluding carboxylic acids is 1. The Hall–Kier alpha value is -2.31. The fraction of sp³-hybridized carbons (Fsp3) is 0.364. The number of para-hydroxylation sites is 1. The van der Waals surface area contributed by atoms with Crippen LogP contribution < -0.4 is 15.5 Å². The highest BCUT2D eigenvalue weighted by molar-refractivity contribution is 7.80. The molecular formula is C22H26ClN3O2S. The van der Waals surface area contributed by atoms with Gasteiger partial charge in [0.1, 0.15) is 0 Å². The van der Waals surface area contributed by atoms with Crippen molar-refractivity contribution in [1.82, 2.24) is 5.32 Å². The zero-order valence-corrected chi connectivity index (χ0v) is 18.3. The molecule has 0 aliphatic carbocycles. The number of carbonyl (C=O) groups is 1.